The number of nitrogens with zero attached hydrogens (tertiary/aromatic N) is 3. The lowest BCUT2D eigenvalue weighted by Gasteiger charge is -2.35. The first kappa shape index (κ1) is 26.5. The average Bonchev–Trinajstić information content (AvgIpc) is 3.30. The number of imidazole rings is 1. The van der Waals surface area contributed by atoms with Gasteiger partial charge in [-0.15, -0.1) is 0 Å². The van der Waals surface area contributed by atoms with E-state index in [4.69, 9.17) is 23.2 Å². The number of rotatable bonds is 6. The zero-order valence-corrected chi connectivity index (χ0v) is 22.8. The lowest BCUT2D eigenvalue weighted by atomic mass is 9.80. The molecule has 4 N–H and O–H groups in total. The summed E-state index contributed by atoms with van der Waals surface area (Å²) < 4.78 is 3.26. The standard InChI is InChI=1S/C27H24Cl2N4O4P/c1-32-16-30-15-25(32)27(31-38(35,36)37,18-6-9-20(28)10-7-18)19-8-11-24-23(13-19)22(14-26(34)33(24)2)17-4-3-5-21(29)12-17/h3-16,31,35-37H,1-2H3/q+1/t27-/m1/s1. The van der Waals surface area contributed by atoms with E-state index < -0.39 is 13.6 Å². The van der Waals surface area contributed by atoms with Crippen LogP contribution in [0.5, 0.6) is 0 Å². The molecule has 0 bridgehead atoms. The molecule has 2 heterocycles. The van der Waals surface area contributed by atoms with Gasteiger partial charge in [-0.05, 0) is 58.7 Å². The second kappa shape index (κ2) is 9.91. The first-order valence-electron chi connectivity index (χ1n) is 11.5. The van der Waals surface area contributed by atoms with Crippen LogP contribution in [0.2, 0.25) is 10.0 Å². The Balaban J connectivity index is 1.91. The van der Waals surface area contributed by atoms with Crippen molar-refractivity contribution in [3.63, 3.8) is 0 Å². The molecule has 0 spiro atoms. The van der Waals surface area contributed by atoms with Crippen molar-refractivity contribution in [2.24, 2.45) is 14.1 Å². The Morgan fingerprint density at radius 1 is 0.895 bits per heavy atom. The highest BCUT2D eigenvalue weighted by Crippen LogP contribution is 2.50. The minimum Gasteiger partial charge on any atom is -0.335 e. The third-order valence-electron chi connectivity index (χ3n) is 6.61. The van der Waals surface area contributed by atoms with Crippen molar-refractivity contribution in [1.82, 2.24) is 19.2 Å². The molecular weight excluding hydrogens is 546 g/mol. The summed E-state index contributed by atoms with van der Waals surface area (Å²) in [6.07, 6.45) is 3.16. The fourth-order valence-corrected chi connectivity index (χ4v) is 6.02. The van der Waals surface area contributed by atoms with Crippen molar-refractivity contribution in [3.8, 4) is 11.1 Å². The van der Waals surface area contributed by atoms with Crippen LogP contribution in [-0.2, 0) is 19.6 Å². The van der Waals surface area contributed by atoms with Crippen molar-refractivity contribution in [2.45, 2.75) is 5.54 Å². The lowest BCUT2D eigenvalue weighted by molar-refractivity contribution is 0.294. The maximum atomic E-state index is 12.9. The van der Waals surface area contributed by atoms with E-state index in [2.05, 4.69) is 10.1 Å². The highest BCUT2D eigenvalue weighted by molar-refractivity contribution is 7.56. The Hall–Kier alpha value is -3.07. The van der Waals surface area contributed by atoms with Gasteiger partial charge in [0.25, 0.3) is 5.56 Å². The number of nitrogens with one attached hydrogen (secondary N) is 1. The molecule has 1 atom stereocenters. The normalized spacial score (nSPS) is 13.6. The summed E-state index contributed by atoms with van der Waals surface area (Å²) in [6, 6.07) is 21.0. The molecule has 0 fully saturated rings. The third-order valence-corrected chi connectivity index (χ3v) is 7.73. The molecule has 0 aliphatic rings. The number of fused-ring (bicyclic) bond motifs is 1. The Bertz CT molecular complexity index is 1710. The number of benzene rings is 3. The monoisotopic (exact) mass is 569 g/mol. The van der Waals surface area contributed by atoms with Crippen molar-refractivity contribution < 1.29 is 14.7 Å². The molecule has 0 unspecified atom stereocenters. The molecule has 0 saturated carbocycles. The molecule has 11 heteroatoms. The zero-order chi connectivity index (χ0) is 27.2. The number of halogens is 2. The van der Waals surface area contributed by atoms with E-state index in [1.165, 1.54) is 4.57 Å². The maximum absolute atomic E-state index is 12.9. The second-order valence-corrected chi connectivity index (χ2v) is 11.3. The van der Waals surface area contributed by atoms with Crippen LogP contribution < -0.4 is 10.6 Å². The van der Waals surface area contributed by atoms with Gasteiger partial charge in [-0.3, -0.25) is 4.79 Å². The van der Waals surface area contributed by atoms with E-state index in [9.17, 15) is 19.5 Å². The molecule has 0 radical (unpaired) electrons. The smallest absolute Gasteiger partial charge is 0.335 e. The van der Waals surface area contributed by atoms with Gasteiger partial charge in [-0.1, -0.05) is 58.6 Å². The van der Waals surface area contributed by atoms with E-state index in [1.807, 2.05) is 18.2 Å². The quantitative estimate of drug-likeness (QED) is 0.219. The van der Waals surface area contributed by atoms with E-state index in [1.54, 1.807) is 85.8 Å². The summed E-state index contributed by atoms with van der Waals surface area (Å²) >= 11 is 12.5. The molecule has 0 aliphatic heterocycles. The summed E-state index contributed by atoms with van der Waals surface area (Å²) in [7, 11) is -1.14. The van der Waals surface area contributed by atoms with Gasteiger partial charge in [0, 0.05) is 35.6 Å². The van der Waals surface area contributed by atoms with Gasteiger partial charge in [0.1, 0.15) is 0 Å². The summed E-state index contributed by atoms with van der Waals surface area (Å²) in [5, 5.41) is 4.43. The van der Waals surface area contributed by atoms with E-state index in [0.29, 0.717) is 43.3 Å². The summed E-state index contributed by atoms with van der Waals surface area (Å²) in [4.78, 5) is 48.2. The van der Waals surface area contributed by atoms with Crippen molar-refractivity contribution in [2.75, 3.05) is 0 Å². The molecule has 8 nitrogen and oxygen atoms in total. The first-order valence-corrected chi connectivity index (χ1v) is 13.9. The van der Waals surface area contributed by atoms with Gasteiger partial charge >= 0.3 is 8.09 Å². The van der Waals surface area contributed by atoms with Crippen LogP contribution >= 0.6 is 31.3 Å². The van der Waals surface area contributed by atoms with E-state index in [-0.39, 0.29) is 5.56 Å². The Morgan fingerprint density at radius 2 is 1.61 bits per heavy atom. The minimum atomic E-state index is -4.59. The average molecular weight is 570 g/mol. The summed E-state index contributed by atoms with van der Waals surface area (Å²) in [5.74, 6) is 0. The number of pyridine rings is 1. The molecule has 0 amide bonds. The summed E-state index contributed by atoms with van der Waals surface area (Å²) in [6.45, 7) is 0. The van der Waals surface area contributed by atoms with Crippen LogP contribution in [0, 0.1) is 0 Å². The van der Waals surface area contributed by atoms with Crippen LogP contribution in [0.4, 0.5) is 0 Å². The number of aromatic nitrogens is 3. The molecule has 5 aromatic rings. The highest BCUT2D eigenvalue weighted by Gasteiger charge is 2.50. The predicted molar refractivity (Wildman–Crippen MR) is 151 cm³/mol. The topological polar surface area (TPSA) is 113 Å². The molecule has 3 aromatic carbocycles. The fraction of sp³-hybridized carbons (Fsp3) is 0.111. The van der Waals surface area contributed by atoms with Crippen molar-refractivity contribution >= 4 is 42.2 Å². The minimum absolute atomic E-state index is 0.194. The van der Waals surface area contributed by atoms with Crippen LogP contribution in [0.1, 0.15) is 16.8 Å². The van der Waals surface area contributed by atoms with Gasteiger partial charge in [0.05, 0.1) is 23.7 Å². The van der Waals surface area contributed by atoms with Gasteiger partial charge in [0.15, 0.2) is 5.54 Å². The van der Waals surface area contributed by atoms with E-state index >= 15 is 0 Å². The molecule has 5 rings (SSSR count). The van der Waals surface area contributed by atoms with Crippen LogP contribution in [-0.4, -0.2) is 28.8 Å². The maximum Gasteiger partial charge on any atom is 0.495 e. The van der Waals surface area contributed by atoms with Crippen LogP contribution in [0.15, 0.2) is 90.1 Å². The lowest BCUT2D eigenvalue weighted by Crippen LogP contribution is -2.45. The number of hydrogen-bond donors (Lipinski definition) is 4. The Kier molecular flexibility index (Phi) is 6.92. The van der Waals surface area contributed by atoms with Crippen LogP contribution in [0.3, 0.4) is 0 Å². The van der Waals surface area contributed by atoms with Gasteiger partial charge in [-0.2, -0.15) is 14.7 Å². The molecule has 0 aliphatic carbocycles. The van der Waals surface area contributed by atoms with Gasteiger partial charge in [-0.25, -0.2) is 4.98 Å². The van der Waals surface area contributed by atoms with Crippen molar-refractivity contribution in [3.05, 3.63) is 123 Å². The largest absolute Gasteiger partial charge is 0.495 e. The SMILES string of the molecule is Cn1cncc1[C@@](N[P+](O)(O)O)(c1ccc(Cl)cc1)c1ccc2c(c1)c(-c1cccc(Cl)c1)cc(=O)n2C. The number of aryl methyl sites for hydroxylation is 2. The predicted octanol–water partition coefficient (Wildman–Crippen LogP) is 4.78. The number of hydrogen-bond acceptors (Lipinski definition) is 6. The Labute approximate surface area is 229 Å². The third kappa shape index (κ3) is 4.77. The van der Waals surface area contributed by atoms with Crippen molar-refractivity contribution in [1.29, 1.82) is 0 Å². The molecule has 2 aromatic heterocycles. The molecule has 0 saturated heterocycles. The fourth-order valence-electron chi connectivity index (χ4n) is 4.88. The first-order chi connectivity index (χ1) is 18.0. The Morgan fingerprint density at radius 3 is 2.24 bits per heavy atom. The highest BCUT2D eigenvalue weighted by atomic mass is 35.5. The van der Waals surface area contributed by atoms with Gasteiger partial charge < -0.3 is 9.13 Å². The molecule has 194 valence electrons. The van der Waals surface area contributed by atoms with Crippen LogP contribution in [0.25, 0.3) is 22.0 Å². The molecule has 38 heavy (non-hydrogen) atoms. The second-order valence-electron chi connectivity index (χ2n) is 9.02. The molecular formula is C27H24Cl2N4O4P+. The van der Waals surface area contributed by atoms with E-state index in [0.717, 1.165) is 5.56 Å². The van der Waals surface area contributed by atoms with Gasteiger partial charge in [0.2, 0.25) is 0 Å². The summed E-state index contributed by atoms with van der Waals surface area (Å²) in [5.41, 5.74) is 2.03. The zero-order valence-electron chi connectivity index (χ0n) is 20.4.